The minimum Gasteiger partial charge on any atom is -0.480 e. The second-order valence-electron chi connectivity index (χ2n) is 4.49. The number of carboxylic acids is 1. The maximum absolute atomic E-state index is 11.6. The third-order valence-electron chi connectivity index (χ3n) is 3.11. The third kappa shape index (κ3) is 4.34. The molecule has 5 heteroatoms. The van der Waals surface area contributed by atoms with Crippen molar-refractivity contribution in [2.24, 2.45) is 5.92 Å². The first kappa shape index (κ1) is 14.0. The van der Waals surface area contributed by atoms with Gasteiger partial charge < -0.3 is 15.2 Å². The molecular formula is C12H21NO4. The summed E-state index contributed by atoms with van der Waals surface area (Å²) in [5.41, 5.74) is 0. The van der Waals surface area contributed by atoms with E-state index in [-0.39, 0.29) is 5.91 Å². The zero-order valence-corrected chi connectivity index (χ0v) is 10.4. The summed E-state index contributed by atoms with van der Waals surface area (Å²) < 4.78 is 5.40. The Balaban J connectivity index is 2.20. The van der Waals surface area contributed by atoms with Crippen LogP contribution in [0.4, 0.5) is 0 Å². The van der Waals surface area contributed by atoms with Crippen molar-refractivity contribution in [3.63, 3.8) is 0 Å². The largest absolute Gasteiger partial charge is 0.480 e. The van der Waals surface area contributed by atoms with E-state index < -0.39 is 12.0 Å². The quantitative estimate of drug-likeness (QED) is 0.703. The van der Waals surface area contributed by atoms with Crippen LogP contribution in [0, 0.1) is 5.92 Å². The Hall–Kier alpha value is -1.10. The van der Waals surface area contributed by atoms with Gasteiger partial charge >= 0.3 is 5.97 Å². The van der Waals surface area contributed by atoms with Gasteiger partial charge in [0.1, 0.15) is 6.04 Å². The molecule has 0 spiro atoms. The van der Waals surface area contributed by atoms with Crippen LogP contribution in [0.1, 0.15) is 39.5 Å². The van der Waals surface area contributed by atoms with Crippen LogP contribution in [0.15, 0.2) is 0 Å². The van der Waals surface area contributed by atoms with Crippen molar-refractivity contribution in [1.29, 1.82) is 0 Å². The summed E-state index contributed by atoms with van der Waals surface area (Å²) in [6, 6.07) is -0.759. The molecule has 0 aliphatic heterocycles. The molecule has 1 atom stereocenters. The highest BCUT2D eigenvalue weighted by Crippen LogP contribution is 2.32. The zero-order chi connectivity index (χ0) is 12.8. The minimum atomic E-state index is -0.971. The number of carbonyl (C=O) groups is 2. The Bertz CT molecular complexity index is 274. The fourth-order valence-corrected chi connectivity index (χ4v) is 2.07. The lowest BCUT2D eigenvalue weighted by Gasteiger charge is -2.34. The van der Waals surface area contributed by atoms with Crippen molar-refractivity contribution >= 4 is 11.9 Å². The lowest BCUT2D eigenvalue weighted by molar-refractivity contribution is -0.142. The summed E-state index contributed by atoms with van der Waals surface area (Å²) in [6.45, 7) is 4.41. The van der Waals surface area contributed by atoms with Crippen molar-refractivity contribution in [1.82, 2.24) is 5.32 Å². The lowest BCUT2D eigenvalue weighted by Crippen LogP contribution is -2.42. The van der Waals surface area contributed by atoms with E-state index in [1.165, 1.54) is 0 Å². The van der Waals surface area contributed by atoms with Crippen LogP contribution in [0.3, 0.4) is 0 Å². The fraction of sp³-hybridized carbons (Fsp3) is 0.833. The summed E-state index contributed by atoms with van der Waals surface area (Å²) in [6.07, 6.45) is 2.93. The van der Waals surface area contributed by atoms with Gasteiger partial charge in [0.25, 0.3) is 0 Å². The second kappa shape index (κ2) is 6.59. The smallest absolute Gasteiger partial charge is 0.326 e. The van der Waals surface area contributed by atoms with Gasteiger partial charge in [0.05, 0.1) is 6.10 Å². The van der Waals surface area contributed by atoms with Crippen molar-refractivity contribution < 1.29 is 19.4 Å². The molecule has 0 aromatic rings. The summed E-state index contributed by atoms with van der Waals surface area (Å²) in [7, 11) is 0. The molecule has 1 amide bonds. The van der Waals surface area contributed by atoms with Crippen LogP contribution in [-0.4, -0.2) is 35.7 Å². The fourth-order valence-electron chi connectivity index (χ4n) is 2.07. The van der Waals surface area contributed by atoms with Crippen LogP contribution >= 0.6 is 0 Å². The molecule has 2 N–H and O–H groups in total. The molecule has 1 aliphatic carbocycles. The molecule has 1 unspecified atom stereocenters. The molecule has 5 nitrogen and oxygen atoms in total. The molecule has 0 radical (unpaired) electrons. The standard InChI is InChI=1S/C12H21NO4/c1-3-10(12(15)16)13-11(14)7-8-5-9(6-8)17-4-2/h8-10H,3-7H2,1-2H3,(H,13,14)(H,15,16). The van der Waals surface area contributed by atoms with Gasteiger partial charge in [-0.1, -0.05) is 6.92 Å². The molecular weight excluding hydrogens is 222 g/mol. The highest BCUT2D eigenvalue weighted by Gasteiger charge is 2.31. The van der Waals surface area contributed by atoms with Gasteiger partial charge in [0.2, 0.25) is 5.91 Å². The SMILES string of the molecule is CCOC1CC(CC(=O)NC(CC)C(=O)O)C1. The van der Waals surface area contributed by atoms with Crippen molar-refractivity contribution in [2.75, 3.05) is 6.61 Å². The number of amides is 1. The first-order valence-electron chi connectivity index (χ1n) is 6.20. The number of hydrogen-bond donors (Lipinski definition) is 2. The van der Waals surface area contributed by atoms with Crippen molar-refractivity contribution in [3.8, 4) is 0 Å². The molecule has 17 heavy (non-hydrogen) atoms. The predicted octanol–water partition coefficient (Wildman–Crippen LogP) is 1.17. The number of nitrogens with one attached hydrogen (secondary N) is 1. The van der Waals surface area contributed by atoms with Crippen LogP contribution in [0.5, 0.6) is 0 Å². The highest BCUT2D eigenvalue weighted by molar-refractivity contribution is 5.83. The third-order valence-corrected chi connectivity index (χ3v) is 3.11. The maximum atomic E-state index is 11.6. The molecule has 1 saturated carbocycles. The first-order chi connectivity index (χ1) is 8.06. The molecule has 1 fully saturated rings. The van der Waals surface area contributed by atoms with E-state index in [9.17, 15) is 9.59 Å². The Kier molecular flexibility index (Phi) is 5.41. The molecule has 0 heterocycles. The zero-order valence-electron chi connectivity index (χ0n) is 10.4. The van der Waals surface area contributed by atoms with E-state index in [0.717, 1.165) is 12.8 Å². The van der Waals surface area contributed by atoms with E-state index in [4.69, 9.17) is 9.84 Å². The average molecular weight is 243 g/mol. The van der Waals surface area contributed by atoms with E-state index in [0.29, 0.717) is 31.5 Å². The van der Waals surface area contributed by atoms with Crippen LogP contribution in [-0.2, 0) is 14.3 Å². The van der Waals surface area contributed by atoms with Gasteiger partial charge in [-0.25, -0.2) is 4.79 Å². The molecule has 98 valence electrons. The molecule has 0 aromatic carbocycles. The van der Waals surface area contributed by atoms with Gasteiger partial charge in [0, 0.05) is 13.0 Å². The van der Waals surface area contributed by atoms with Gasteiger partial charge in [-0.2, -0.15) is 0 Å². The van der Waals surface area contributed by atoms with E-state index in [2.05, 4.69) is 5.32 Å². The highest BCUT2D eigenvalue weighted by atomic mass is 16.5. The van der Waals surface area contributed by atoms with Gasteiger partial charge in [-0.3, -0.25) is 4.79 Å². The average Bonchev–Trinajstić information content (AvgIpc) is 2.22. The minimum absolute atomic E-state index is 0.167. The molecule has 0 bridgehead atoms. The van der Waals surface area contributed by atoms with Crippen molar-refractivity contribution in [3.05, 3.63) is 0 Å². The first-order valence-corrected chi connectivity index (χ1v) is 6.20. The summed E-state index contributed by atoms with van der Waals surface area (Å²) >= 11 is 0. The van der Waals surface area contributed by atoms with Crippen LogP contribution < -0.4 is 5.32 Å². The topological polar surface area (TPSA) is 75.6 Å². The Morgan fingerprint density at radius 2 is 2.06 bits per heavy atom. The molecule has 0 aromatic heterocycles. The summed E-state index contributed by atoms with van der Waals surface area (Å²) in [4.78, 5) is 22.3. The molecule has 0 saturated heterocycles. The molecule has 1 aliphatic rings. The van der Waals surface area contributed by atoms with Crippen LogP contribution in [0.2, 0.25) is 0 Å². The number of carboxylic acid groups (broad SMARTS) is 1. The normalized spacial score (nSPS) is 24.8. The Labute approximate surface area is 102 Å². The molecule has 1 rings (SSSR count). The van der Waals surface area contributed by atoms with E-state index in [1.807, 2.05) is 6.92 Å². The summed E-state index contributed by atoms with van der Waals surface area (Å²) in [5.74, 6) is -0.793. The maximum Gasteiger partial charge on any atom is 0.326 e. The second-order valence-corrected chi connectivity index (χ2v) is 4.49. The number of hydrogen-bond acceptors (Lipinski definition) is 3. The number of rotatable bonds is 7. The summed E-state index contributed by atoms with van der Waals surface area (Å²) in [5, 5.41) is 11.3. The monoisotopic (exact) mass is 243 g/mol. The van der Waals surface area contributed by atoms with Gasteiger partial charge in [-0.15, -0.1) is 0 Å². The van der Waals surface area contributed by atoms with E-state index in [1.54, 1.807) is 6.92 Å². The van der Waals surface area contributed by atoms with E-state index >= 15 is 0 Å². The predicted molar refractivity (Wildman–Crippen MR) is 62.6 cm³/mol. The Morgan fingerprint density at radius 1 is 1.41 bits per heavy atom. The Morgan fingerprint density at radius 3 is 2.53 bits per heavy atom. The number of ether oxygens (including phenoxy) is 1. The number of carbonyl (C=O) groups excluding carboxylic acids is 1. The van der Waals surface area contributed by atoms with Crippen molar-refractivity contribution in [2.45, 2.75) is 51.7 Å². The van der Waals surface area contributed by atoms with Crippen LogP contribution in [0.25, 0.3) is 0 Å². The van der Waals surface area contributed by atoms with Gasteiger partial charge in [-0.05, 0) is 32.1 Å². The number of aliphatic carboxylic acids is 1. The van der Waals surface area contributed by atoms with Gasteiger partial charge in [0.15, 0.2) is 0 Å². The lowest BCUT2D eigenvalue weighted by atomic mass is 9.80.